The molecule has 2 bridgehead atoms. The lowest BCUT2D eigenvalue weighted by atomic mass is 10.0. The van der Waals surface area contributed by atoms with Crippen LogP contribution < -0.4 is 5.32 Å². The van der Waals surface area contributed by atoms with Gasteiger partial charge >= 0.3 is 6.18 Å². The first kappa shape index (κ1) is 19.0. The van der Waals surface area contributed by atoms with Gasteiger partial charge in [-0.25, -0.2) is 0 Å². The third kappa shape index (κ3) is 3.43. The Morgan fingerprint density at radius 3 is 2.50 bits per heavy atom. The van der Waals surface area contributed by atoms with Crippen LogP contribution in [0.2, 0.25) is 0 Å². The third-order valence-corrected chi connectivity index (χ3v) is 5.79. The molecule has 0 radical (unpaired) electrons. The first-order valence-electron chi connectivity index (χ1n) is 9.81. The highest BCUT2D eigenvalue weighted by molar-refractivity contribution is 6.00. The Labute approximate surface area is 170 Å². The zero-order valence-electron chi connectivity index (χ0n) is 15.9. The minimum atomic E-state index is -4.54. The Kier molecular flexibility index (Phi) is 4.50. The summed E-state index contributed by atoms with van der Waals surface area (Å²) < 4.78 is 44.7. The van der Waals surface area contributed by atoms with Crippen molar-refractivity contribution in [3.8, 4) is 17.0 Å². The number of anilines is 1. The number of phenolic OH excluding ortho intramolecular Hbond substituents is 1. The molecule has 2 aromatic heterocycles. The van der Waals surface area contributed by atoms with Crippen LogP contribution in [0.5, 0.6) is 5.75 Å². The second-order valence-electron chi connectivity index (χ2n) is 7.82. The largest absolute Gasteiger partial charge is 0.507 e. The van der Waals surface area contributed by atoms with Crippen LogP contribution in [0.1, 0.15) is 31.2 Å². The number of ether oxygens (including phenoxy) is 1. The fourth-order valence-corrected chi connectivity index (χ4v) is 4.38. The van der Waals surface area contributed by atoms with E-state index in [1.54, 1.807) is 18.5 Å². The number of nitrogens with zero attached hydrogens (tertiary/aromatic N) is 3. The summed E-state index contributed by atoms with van der Waals surface area (Å²) in [4.78, 5) is 4.17. The van der Waals surface area contributed by atoms with E-state index in [1.807, 2.05) is 0 Å². The van der Waals surface area contributed by atoms with Crippen LogP contribution in [0.4, 0.5) is 19.0 Å². The Hall–Kier alpha value is -2.94. The Morgan fingerprint density at radius 2 is 1.80 bits per heavy atom. The quantitative estimate of drug-likeness (QED) is 0.653. The summed E-state index contributed by atoms with van der Waals surface area (Å²) >= 11 is 0. The lowest BCUT2D eigenvalue weighted by molar-refractivity contribution is -0.137. The number of benzene rings is 1. The smallest absolute Gasteiger partial charge is 0.416 e. The summed E-state index contributed by atoms with van der Waals surface area (Å²) in [6.45, 7) is 0. The van der Waals surface area contributed by atoms with Crippen molar-refractivity contribution in [2.24, 2.45) is 0 Å². The van der Waals surface area contributed by atoms with Crippen LogP contribution in [0.15, 0.2) is 36.7 Å². The van der Waals surface area contributed by atoms with Crippen molar-refractivity contribution in [3.05, 3.63) is 42.2 Å². The summed E-state index contributed by atoms with van der Waals surface area (Å²) in [5.41, 5.74) is -0.436. The van der Waals surface area contributed by atoms with E-state index < -0.39 is 17.5 Å². The van der Waals surface area contributed by atoms with Crippen LogP contribution in [-0.2, 0) is 10.9 Å². The van der Waals surface area contributed by atoms with Crippen molar-refractivity contribution in [1.29, 1.82) is 0 Å². The SMILES string of the molecule is Oc1cc(C(F)(F)F)ccc1-c1nnc(NC2C[C@H]3CC[C@@H](C2)O3)c2cnccc12. The molecule has 4 heterocycles. The van der Waals surface area contributed by atoms with Crippen molar-refractivity contribution in [1.82, 2.24) is 15.2 Å². The molecule has 0 saturated carbocycles. The molecule has 9 heteroatoms. The number of aromatic hydroxyl groups is 1. The molecule has 2 aliphatic heterocycles. The van der Waals surface area contributed by atoms with Gasteiger partial charge in [-0.2, -0.15) is 13.2 Å². The molecule has 0 aliphatic carbocycles. The van der Waals surface area contributed by atoms with Gasteiger partial charge in [0, 0.05) is 34.8 Å². The molecule has 2 fully saturated rings. The van der Waals surface area contributed by atoms with Gasteiger partial charge in [0.2, 0.25) is 0 Å². The van der Waals surface area contributed by atoms with E-state index in [1.165, 1.54) is 6.07 Å². The molecule has 0 spiro atoms. The lowest BCUT2D eigenvalue weighted by Gasteiger charge is -2.29. The second kappa shape index (κ2) is 7.09. The molecule has 5 rings (SSSR count). The van der Waals surface area contributed by atoms with Gasteiger partial charge in [-0.1, -0.05) is 0 Å². The zero-order chi connectivity index (χ0) is 20.9. The molecule has 1 aromatic carbocycles. The summed E-state index contributed by atoms with van der Waals surface area (Å²) in [5.74, 6) is 0.0681. The van der Waals surface area contributed by atoms with Crippen LogP contribution in [0.25, 0.3) is 22.0 Å². The maximum absolute atomic E-state index is 12.9. The number of rotatable bonds is 3. The summed E-state index contributed by atoms with van der Waals surface area (Å²) in [6.07, 6.45) is 3.14. The molecule has 0 amide bonds. The first-order valence-corrected chi connectivity index (χ1v) is 9.81. The fourth-order valence-electron chi connectivity index (χ4n) is 4.38. The number of hydrogen-bond donors (Lipinski definition) is 2. The maximum atomic E-state index is 12.9. The van der Waals surface area contributed by atoms with E-state index >= 15 is 0 Å². The monoisotopic (exact) mass is 416 g/mol. The second-order valence-corrected chi connectivity index (χ2v) is 7.82. The van der Waals surface area contributed by atoms with E-state index in [2.05, 4.69) is 20.5 Å². The predicted octanol–water partition coefficient (Wildman–Crippen LogP) is 4.54. The summed E-state index contributed by atoms with van der Waals surface area (Å²) in [5, 5.41) is 23.6. The highest BCUT2D eigenvalue weighted by atomic mass is 19.4. The topological polar surface area (TPSA) is 80.2 Å². The highest BCUT2D eigenvalue weighted by Crippen LogP contribution is 2.39. The van der Waals surface area contributed by atoms with Crippen molar-refractivity contribution in [2.75, 3.05) is 5.32 Å². The normalized spacial score (nSPS) is 23.6. The van der Waals surface area contributed by atoms with Crippen LogP contribution in [0, 0.1) is 0 Å². The molecule has 2 saturated heterocycles. The molecule has 1 unspecified atom stereocenters. The van der Waals surface area contributed by atoms with E-state index in [-0.39, 0.29) is 23.8 Å². The van der Waals surface area contributed by atoms with Crippen LogP contribution >= 0.6 is 0 Å². The number of phenols is 1. The minimum Gasteiger partial charge on any atom is -0.507 e. The average molecular weight is 416 g/mol. The summed E-state index contributed by atoms with van der Waals surface area (Å²) in [7, 11) is 0. The van der Waals surface area contributed by atoms with Gasteiger partial charge in [-0.15, -0.1) is 10.2 Å². The Morgan fingerprint density at radius 1 is 1.03 bits per heavy atom. The molecule has 3 aromatic rings. The fraction of sp³-hybridized carbons (Fsp3) is 0.381. The predicted molar refractivity (Wildman–Crippen MR) is 104 cm³/mol. The van der Waals surface area contributed by atoms with Gasteiger partial charge in [-0.05, 0) is 49.9 Å². The van der Waals surface area contributed by atoms with Gasteiger partial charge in [0.15, 0.2) is 5.82 Å². The molecule has 2 N–H and O–H groups in total. The highest BCUT2D eigenvalue weighted by Gasteiger charge is 2.35. The molecule has 156 valence electrons. The number of fused-ring (bicyclic) bond motifs is 3. The number of halogens is 3. The summed E-state index contributed by atoms with van der Waals surface area (Å²) in [6, 6.07) is 4.77. The first-order chi connectivity index (χ1) is 14.4. The minimum absolute atomic E-state index is 0.183. The molecule has 3 atom stereocenters. The van der Waals surface area contributed by atoms with Crippen LogP contribution in [-0.4, -0.2) is 38.5 Å². The standard InChI is InChI=1S/C21H19F3N4O2/c22-21(23,24)11-1-4-16(18(29)7-11)19-15-5-6-25-10-17(15)20(28-27-19)26-12-8-13-2-3-14(9-12)30-13/h1,4-7,10,12-14,29H,2-3,8-9H2,(H,26,28)/t12?,13-,14+. The van der Waals surface area contributed by atoms with E-state index in [0.29, 0.717) is 28.4 Å². The Balaban J connectivity index is 1.52. The number of hydrogen-bond acceptors (Lipinski definition) is 6. The number of alkyl halides is 3. The lowest BCUT2D eigenvalue weighted by Crippen LogP contribution is -2.34. The molecular formula is C21H19F3N4O2. The van der Waals surface area contributed by atoms with Crippen LogP contribution in [0.3, 0.4) is 0 Å². The molecule has 6 nitrogen and oxygen atoms in total. The molecule has 2 aliphatic rings. The Bertz CT molecular complexity index is 1090. The van der Waals surface area contributed by atoms with Crippen molar-refractivity contribution in [3.63, 3.8) is 0 Å². The maximum Gasteiger partial charge on any atom is 0.416 e. The van der Waals surface area contributed by atoms with Crippen molar-refractivity contribution in [2.45, 2.75) is 50.1 Å². The number of nitrogens with one attached hydrogen (secondary N) is 1. The van der Waals surface area contributed by atoms with Gasteiger partial charge in [0.1, 0.15) is 11.4 Å². The van der Waals surface area contributed by atoms with Gasteiger partial charge in [-0.3, -0.25) is 4.98 Å². The van der Waals surface area contributed by atoms with E-state index in [4.69, 9.17) is 4.74 Å². The molecule has 30 heavy (non-hydrogen) atoms. The number of pyridine rings is 1. The van der Waals surface area contributed by atoms with Gasteiger partial charge < -0.3 is 15.2 Å². The molecular weight excluding hydrogens is 397 g/mol. The van der Waals surface area contributed by atoms with Crippen molar-refractivity contribution >= 4 is 16.6 Å². The van der Waals surface area contributed by atoms with E-state index in [9.17, 15) is 18.3 Å². The zero-order valence-corrected chi connectivity index (χ0v) is 15.9. The average Bonchev–Trinajstić information content (AvgIpc) is 3.06. The van der Waals surface area contributed by atoms with Gasteiger partial charge in [0.05, 0.1) is 17.8 Å². The van der Waals surface area contributed by atoms with Gasteiger partial charge in [0.25, 0.3) is 0 Å². The van der Waals surface area contributed by atoms with Crippen molar-refractivity contribution < 1.29 is 23.0 Å². The number of aromatic nitrogens is 3. The third-order valence-electron chi connectivity index (χ3n) is 5.79. The van der Waals surface area contributed by atoms with E-state index in [0.717, 1.165) is 31.7 Å².